The van der Waals surface area contributed by atoms with Crippen molar-refractivity contribution in [3.63, 3.8) is 0 Å². The second kappa shape index (κ2) is 3.62. The second-order valence-corrected chi connectivity index (χ2v) is 3.23. The van der Waals surface area contributed by atoms with Crippen molar-refractivity contribution < 1.29 is 13.2 Å². The number of rotatable bonds is 1. The van der Waals surface area contributed by atoms with Crippen molar-refractivity contribution in [1.29, 1.82) is 0 Å². The highest BCUT2D eigenvalue weighted by molar-refractivity contribution is 5.31. The number of aromatic nitrogens is 3. The number of nitrogens with zero attached hydrogens (tertiary/aromatic N) is 3. The van der Waals surface area contributed by atoms with Crippen LogP contribution in [0, 0.1) is 6.92 Å². The van der Waals surface area contributed by atoms with Crippen LogP contribution in [0.4, 0.5) is 13.2 Å². The van der Waals surface area contributed by atoms with E-state index in [0.717, 1.165) is 4.68 Å². The van der Waals surface area contributed by atoms with E-state index in [-0.39, 0.29) is 5.82 Å². The van der Waals surface area contributed by atoms with E-state index in [2.05, 4.69) is 10.1 Å². The molecule has 0 aliphatic carbocycles. The Hall–Kier alpha value is -1.85. The van der Waals surface area contributed by atoms with E-state index in [9.17, 15) is 13.2 Å². The van der Waals surface area contributed by atoms with Gasteiger partial charge in [0.2, 0.25) is 5.82 Å². The number of alkyl halides is 3. The van der Waals surface area contributed by atoms with Gasteiger partial charge < -0.3 is 0 Å². The molecule has 0 saturated carbocycles. The molecule has 0 unspecified atom stereocenters. The zero-order chi connectivity index (χ0) is 11.8. The molecule has 0 amide bonds. The summed E-state index contributed by atoms with van der Waals surface area (Å²) in [6, 6.07) is 8.10. The van der Waals surface area contributed by atoms with Gasteiger partial charge in [0.25, 0.3) is 0 Å². The summed E-state index contributed by atoms with van der Waals surface area (Å²) in [5.41, 5.74) is 0.343. The van der Waals surface area contributed by atoms with E-state index in [1.54, 1.807) is 30.3 Å². The zero-order valence-corrected chi connectivity index (χ0v) is 8.36. The summed E-state index contributed by atoms with van der Waals surface area (Å²) in [4.78, 5) is 3.39. The molecule has 16 heavy (non-hydrogen) atoms. The highest BCUT2D eigenvalue weighted by atomic mass is 19.4. The summed E-state index contributed by atoms with van der Waals surface area (Å²) in [5, 5.41) is 3.73. The van der Waals surface area contributed by atoms with Gasteiger partial charge in [-0.05, 0) is 19.1 Å². The van der Waals surface area contributed by atoms with Crippen molar-refractivity contribution in [3.8, 4) is 5.69 Å². The molecule has 1 aromatic heterocycles. The largest absolute Gasteiger partial charge is 0.451 e. The van der Waals surface area contributed by atoms with Gasteiger partial charge in [0.15, 0.2) is 0 Å². The topological polar surface area (TPSA) is 30.7 Å². The molecule has 0 N–H and O–H groups in total. The van der Waals surface area contributed by atoms with Gasteiger partial charge in [-0.15, -0.1) is 0 Å². The van der Waals surface area contributed by atoms with Gasteiger partial charge in [-0.25, -0.2) is 9.67 Å². The molecule has 0 bridgehead atoms. The average Bonchev–Trinajstić information content (AvgIpc) is 2.61. The number of aryl methyl sites for hydroxylation is 1. The van der Waals surface area contributed by atoms with Crippen molar-refractivity contribution in [1.82, 2.24) is 14.8 Å². The summed E-state index contributed by atoms with van der Waals surface area (Å²) in [7, 11) is 0. The van der Waals surface area contributed by atoms with Crippen molar-refractivity contribution >= 4 is 0 Å². The molecule has 0 aliphatic rings. The van der Waals surface area contributed by atoms with Crippen LogP contribution in [0.5, 0.6) is 0 Å². The molecule has 0 spiro atoms. The summed E-state index contributed by atoms with van der Waals surface area (Å²) in [5.74, 6) is -0.910. The summed E-state index contributed by atoms with van der Waals surface area (Å²) < 4.78 is 38.7. The SMILES string of the molecule is Cc1nc(C(F)(F)F)n(-c2ccccc2)n1. The van der Waals surface area contributed by atoms with E-state index < -0.39 is 12.0 Å². The van der Waals surface area contributed by atoms with Crippen molar-refractivity contribution in [2.75, 3.05) is 0 Å². The Labute approximate surface area is 89.5 Å². The molecule has 84 valence electrons. The van der Waals surface area contributed by atoms with Crippen LogP contribution in [0.1, 0.15) is 11.6 Å². The van der Waals surface area contributed by atoms with Crippen LogP contribution in [0.15, 0.2) is 30.3 Å². The first-order valence-electron chi connectivity index (χ1n) is 4.55. The first-order chi connectivity index (χ1) is 7.48. The van der Waals surface area contributed by atoms with Gasteiger partial charge in [0.05, 0.1) is 5.69 Å². The Morgan fingerprint density at radius 1 is 1.12 bits per heavy atom. The lowest BCUT2D eigenvalue weighted by atomic mass is 10.3. The Kier molecular flexibility index (Phi) is 2.41. The molecule has 0 fully saturated rings. The Morgan fingerprint density at radius 3 is 2.31 bits per heavy atom. The number of para-hydroxylation sites is 1. The Balaban J connectivity index is 2.58. The van der Waals surface area contributed by atoms with E-state index in [1.807, 2.05) is 0 Å². The van der Waals surface area contributed by atoms with Gasteiger partial charge in [-0.2, -0.15) is 18.3 Å². The molecule has 1 aromatic carbocycles. The number of benzene rings is 1. The normalized spacial score (nSPS) is 11.8. The maximum atomic E-state index is 12.6. The number of halogens is 3. The highest BCUT2D eigenvalue weighted by Crippen LogP contribution is 2.29. The van der Waals surface area contributed by atoms with Gasteiger partial charge in [-0.3, -0.25) is 0 Å². The number of hydrogen-bond donors (Lipinski definition) is 0. The maximum Gasteiger partial charge on any atom is 0.451 e. The molecule has 6 heteroatoms. The van der Waals surface area contributed by atoms with Crippen LogP contribution in [0.25, 0.3) is 5.69 Å². The molecule has 3 nitrogen and oxygen atoms in total. The van der Waals surface area contributed by atoms with Gasteiger partial charge in [0, 0.05) is 0 Å². The lowest BCUT2D eigenvalue weighted by molar-refractivity contribution is -0.146. The van der Waals surface area contributed by atoms with Crippen LogP contribution in [0.3, 0.4) is 0 Å². The van der Waals surface area contributed by atoms with Crippen molar-refractivity contribution in [2.45, 2.75) is 13.1 Å². The first-order valence-corrected chi connectivity index (χ1v) is 4.55. The van der Waals surface area contributed by atoms with Crippen molar-refractivity contribution in [2.24, 2.45) is 0 Å². The first kappa shape index (κ1) is 10.7. The molecule has 2 aromatic rings. The van der Waals surface area contributed by atoms with Crippen molar-refractivity contribution in [3.05, 3.63) is 42.0 Å². The summed E-state index contributed by atoms with van der Waals surface area (Å²) in [6.07, 6.45) is -4.50. The molecule has 0 aliphatic heterocycles. The lowest BCUT2D eigenvalue weighted by Gasteiger charge is -2.07. The zero-order valence-electron chi connectivity index (χ0n) is 8.36. The third-order valence-corrected chi connectivity index (χ3v) is 1.97. The Morgan fingerprint density at radius 2 is 1.75 bits per heavy atom. The predicted molar refractivity (Wildman–Crippen MR) is 51.1 cm³/mol. The van der Waals surface area contributed by atoms with E-state index >= 15 is 0 Å². The number of hydrogen-bond acceptors (Lipinski definition) is 2. The molecule has 1 heterocycles. The van der Waals surface area contributed by atoms with Crippen LogP contribution in [-0.2, 0) is 6.18 Å². The van der Waals surface area contributed by atoms with Crippen LogP contribution in [0.2, 0.25) is 0 Å². The molecule has 2 rings (SSSR count). The van der Waals surface area contributed by atoms with Gasteiger partial charge in [-0.1, -0.05) is 18.2 Å². The van der Waals surface area contributed by atoms with Gasteiger partial charge in [0.1, 0.15) is 5.82 Å². The summed E-state index contributed by atoms with van der Waals surface area (Å²) in [6.45, 7) is 1.43. The molecular weight excluding hydrogens is 219 g/mol. The molecule has 0 atom stereocenters. The third-order valence-electron chi connectivity index (χ3n) is 1.97. The lowest BCUT2D eigenvalue weighted by Crippen LogP contribution is -2.14. The van der Waals surface area contributed by atoms with E-state index in [1.165, 1.54) is 6.92 Å². The fourth-order valence-corrected chi connectivity index (χ4v) is 1.35. The van der Waals surface area contributed by atoms with E-state index in [0.29, 0.717) is 5.69 Å². The predicted octanol–water partition coefficient (Wildman–Crippen LogP) is 2.59. The fourth-order valence-electron chi connectivity index (χ4n) is 1.35. The van der Waals surface area contributed by atoms with E-state index in [4.69, 9.17) is 0 Å². The summed E-state index contributed by atoms with van der Waals surface area (Å²) >= 11 is 0. The molecule has 0 saturated heterocycles. The van der Waals surface area contributed by atoms with Crippen LogP contribution >= 0.6 is 0 Å². The molecular formula is C10H8F3N3. The average molecular weight is 227 g/mol. The molecule has 0 radical (unpaired) electrons. The fraction of sp³-hybridized carbons (Fsp3) is 0.200. The van der Waals surface area contributed by atoms with Crippen LogP contribution < -0.4 is 0 Å². The van der Waals surface area contributed by atoms with Gasteiger partial charge >= 0.3 is 6.18 Å². The van der Waals surface area contributed by atoms with Crippen LogP contribution in [-0.4, -0.2) is 14.8 Å². The highest BCUT2D eigenvalue weighted by Gasteiger charge is 2.38. The standard InChI is InChI=1S/C10H8F3N3/c1-7-14-9(10(11,12)13)16(15-7)8-5-3-2-4-6-8/h2-6H,1H3. The smallest absolute Gasteiger partial charge is 0.209 e. The monoisotopic (exact) mass is 227 g/mol. The minimum Gasteiger partial charge on any atom is -0.209 e. The second-order valence-electron chi connectivity index (χ2n) is 3.23. The third kappa shape index (κ3) is 1.91. The maximum absolute atomic E-state index is 12.6. The Bertz CT molecular complexity index is 488. The minimum absolute atomic E-state index is 0.0937. The minimum atomic E-state index is -4.50. The quantitative estimate of drug-likeness (QED) is 0.749.